The number of rotatable bonds is 7. The Morgan fingerprint density at radius 1 is 1.30 bits per heavy atom. The molecular formula is C14H20Br2N2O2. The number of carbonyl (C=O) groups excluding carboxylic acids is 1. The zero-order valence-corrected chi connectivity index (χ0v) is 15.2. The van der Waals surface area contributed by atoms with E-state index in [0.29, 0.717) is 19.7 Å². The maximum absolute atomic E-state index is 11.7. The summed E-state index contributed by atoms with van der Waals surface area (Å²) in [7, 11) is 1.80. The van der Waals surface area contributed by atoms with Crippen molar-refractivity contribution in [2.45, 2.75) is 20.4 Å². The Morgan fingerprint density at radius 2 is 1.90 bits per heavy atom. The van der Waals surface area contributed by atoms with Gasteiger partial charge in [0.05, 0.1) is 22.1 Å². The van der Waals surface area contributed by atoms with Crippen LogP contribution in [0.25, 0.3) is 0 Å². The highest BCUT2D eigenvalue weighted by molar-refractivity contribution is 9.11. The Labute approximate surface area is 137 Å². The van der Waals surface area contributed by atoms with Gasteiger partial charge < -0.3 is 15.0 Å². The van der Waals surface area contributed by atoms with E-state index >= 15 is 0 Å². The maximum atomic E-state index is 11.7. The molecule has 0 aliphatic carbocycles. The van der Waals surface area contributed by atoms with E-state index in [2.05, 4.69) is 37.2 Å². The lowest BCUT2D eigenvalue weighted by Crippen LogP contribution is -2.35. The van der Waals surface area contributed by atoms with Crippen molar-refractivity contribution in [1.82, 2.24) is 10.2 Å². The fourth-order valence-corrected chi connectivity index (χ4v) is 3.13. The van der Waals surface area contributed by atoms with E-state index in [0.717, 1.165) is 26.8 Å². The van der Waals surface area contributed by atoms with Crippen LogP contribution >= 0.6 is 31.9 Å². The Balaban J connectivity index is 2.59. The van der Waals surface area contributed by atoms with Crippen molar-refractivity contribution in [1.29, 1.82) is 0 Å². The third-order valence-electron chi connectivity index (χ3n) is 2.85. The van der Waals surface area contributed by atoms with Crippen molar-refractivity contribution in [3.05, 3.63) is 26.6 Å². The van der Waals surface area contributed by atoms with Crippen molar-refractivity contribution in [3.8, 4) is 5.75 Å². The first-order valence-corrected chi connectivity index (χ1v) is 8.13. The van der Waals surface area contributed by atoms with Crippen LogP contribution in [0.4, 0.5) is 0 Å². The van der Waals surface area contributed by atoms with Crippen LogP contribution in [-0.2, 0) is 11.3 Å². The van der Waals surface area contributed by atoms with Crippen LogP contribution in [0.3, 0.4) is 0 Å². The molecule has 0 aromatic heterocycles. The Kier molecular flexibility index (Phi) is 7.55. The average molecular weight is 408 g/mol. The van der Waals surface area contributed by atoms with Crippen molar-refractivity contribution < 1.29 is 9.53 Å². The first kappa shape index (κ1) is 17.5. The van der Waals surface area contributed by atoms with Crippen molar-refractivity contribution in [2.75, 3.05) is 26.7 Å². The highest BCUT2D eigenvalue weighted by Gasteiger charge is 2.09. The molecule has 0 fully saturated rings. The summed E-state index contributed by atoms with van der Waals surface area (Å²) in [5, 5.41) is 3.15. The molecule has 0 spiro atoms. The number of hydrogen-bond donors (Lipinski definition) is 1. The van der Waals surface area contributed by atoms with Gasteiger partial charge >= 0.3 is 0 Å². The number of likely N-dealkylation sites (N-methyl/N-ethyl adjacent to an activating group) is 1. The van der Waals surface area contributed by atoms with Gasteiger partial charge in [0.1, 0.15) is 5.75 Å². The van der Waals surface area contributed by atoms with Crippen molar-refractivity contribution in [3.63, 3.8) is 0 Å². The summed E-state index contributed by atoms with van der Waals surface area (Å²) >= 11 is 6.99. The van der Waals surface area contributed by atoms with E-state index in [1.54, 1.807) is 11.9 Å². The zero-order chi connectivity index (χ0) is 15.1. The van der Waals surface area contributed by atoms with Crippen molar-refractivity contribution >= 4 is 37.8 Å². The van der Waals surface area contributed by atoms with Crippen LogP contribution < -0.4 is 10.1 Å². The smallest absolute Gasteiger partial charge is 0.236 e. The van der Waals surface area contributed by atoms with Gasteiger partial charge in [-0.15, -0.1) is 0 Å². The van der Waals surface area contributed by atoms with Gasteiger partial charge in [-0.05, 0) is 63.4 Å². The van der Waals surface area contributed by atoms with Crippen LogP contribution in [0.2, 0.25) is 0 Å². The molecule has 1 aromatic carbocycles. The molecule has 0 heterocycles. The molecule has 0 saturated heterocycles. The maximum Gasteiger partial charge on any atom is 0.236 e. The number of ether oxygens (including phenoxy) is 1. The third-order valence-corrected chi connectivity index (χ3v) is 4.03. The molecular weight excluding hydrogens is 388 g/mol. The molecule has 1 amide bonds. The summed E-state index contributed by atoms with van der Waals surface area (Å²) in [6.07, 6.45) is 0. The molecule has 112 valence electrons. The average Bonchev–Trinajstić information content (AvgIpc) is 2.41. The van der Waals surface area contributed by atoms with Crippen LogP contribution in [0.5, 0.6) is 5.75 Å². The fourth-order valence-electron chi connectivity index (χ4n) is 1.62. The van der Waals surface area contributed by atoms with Gasteiger partial charge in [-0.2, -0.15) is 0 Å². The Bertz CT molecular complexity index is 443. The van der Waals surface area contributed by atoms with Gasteiger partial charge in [0.25, 0.3) is 0 Å². The number of amides is 1. The minimum absolute atomic E-state index is 0.0940. The summed E-state index contributed by atoms with van der Waals surface area (Å²) in [6.45, 7) is 6.22. The van der Waals surface area contributed by atoms with Gasteiger partial charge in [-0.1, -0.05) is 0 Å². The minimum Gasteiger partial charge on any atom is -0.492 e. The summed E-state index contributed by atoms with van der Waals surface area (Å²) in [5.41, 5.74) is 1.08. The molecule has 0 atom stereocenters. The molecule has 6 heteroatoms. The number of carbonyl (C=O) groups is 1. The highest BCUT2D eigenvalue weighted by atomic mass is 79.9. The molecule has 4 nitrogen and oxygen atoms in total. The van der Waals surface area contributed by atoms with E-state index in [4.69, 9.17) is 4.74 Å². The van der Waals surface area contributed by atoms with E-state index < -0.39 is 0 Å². The van der Waals surface area contributed by atoms with E-state index in [1.807, 2.05) is 26.0 Å². The second-order valence-electron chi connectivity index (χ2n) is 4.33. The molecule has 0 aliphatic rings. The quantitative estimate of drug-likeness (QED) is 0.754. The fraction of sp³-hybridized carbons (Fsp3) is 0.500. The normalized spacial score (nSPS) is 10.4. The lowest BCUT2D eigenvalue weighted by molar-refractivity contribution is -0.128. The SMILES string of the molecule is CCOc1c(Br)cc(CNCC(=O)N(C)CC)cc1Br. The Hall–Kier alpha value is -0.590. The molecule has 0 saturated carbocycles. The van der Waals surface area contributed by atoms with Crippen LogP contribution in [-0.4, -0.2) is 37.6 Å². The van der Waals surface area contributed by atoms with Gasteiger partial charge in [0, 0.05) is 20.1 Å². The van der Waals surface area contributed by atoms with E-state index in [9.17, 15) is 4.79 Å². The second-order valence-corrected chi connectivity index (χ2v) is 6.04. The van der Waals surface area contributed by atoms with Gasteiger partial charge in [-0.25, -0.2) is 0 Å². The summed E-state index contributed by atoms with van der Waals surface area (Å²) in [4.78, 5) is 13.4. The Morgan fingerprint density at radius 3 is 2.40 bits per heavy atom. The monoisotopic (exact) mass is 406 g/mol. The lowest BCUT2D eigenvalue weighted by atomic mass is 10.2. The molecule has 0 aliphatic heterocycles. The molecule has 1 N–H and O–H groups in total. The van der Waals surface area contributed by atoms with Crippen LogP contribution in [0, 0.1) is 0 Å². The van der Waals surface area contributed by atoms with Crippen LogP contribution in [0.15, 0.2) is 21.1 Å². The summed E-state index contributed by atoms with van der Waals surface area (Å²) < 4.78 is 7.35. The molecule has 0 radical (unpaired) electrons. The minimum atomic E-state index is 0.0940. The number of hydrogen-bond acceptors (Lipinski definition) is 3. The first-order chi connectivity index (χ1) is 9.49. The molecule has 0 unspecified atom stereocenters. The third kappa shape index (κ3) is 5.07. The first-order valence-electron chi connectivity index (χ1n) is 6.55. The largest absolute Gasteiger partial charge is 0.492 e. The molecule has 1 aromatic rings. The second kappa shape index (κ2) is 8.64. The van der Waals surface area contributed by atoms with Crippen LogP contribution in [0.1, 0.15) is 19.4 Å². The van der Waals surface area contributed by atoms with Gasteiger partial charge in [-0.3, -0.25) is 4.79 Å². The van der Waals surface area contributed by atoms with Crippen molar-refractivity contribution in [2.24, 2.45) is 0 Å². The molecule has 1 rings (SSSR count). The van der Waals surface area contributed by atoms with E-state index in [-0.39, 0.29) is 5.91 Å². The highest BCUT2D eigenvalue weighted by Crippen LogP contribution is 2.34. The zero-order valence-electron chi connectivity index (χ0n) is 12.0. The molecule has 20 heavy (non-hydrogen) atoms. The van der Waals surface area contributed by atoms with Gasteiger partial charge in [0.15, 0.2) is 0 Å². The predicted octanol–water partition coefficient (Wildman–Crippen LogP) is 3.18. The summed E-state index contributed by atoms with van der Waals surface area (Å²) in [6, 6.07) is 3.99. The number of nitrogens with zero attached hydrogens (tertiary/aromatic N) is 1. The molecule has 0 bridgehead atoms. The summed E-state index contributed by atoms with van der Waals surface area (Å²) in [5.74, 6) is 0.898. The topological polar surface area (TPSA) is 41.6 Å². The lowest BCUT2D eigenvalue weighted by Gasteiger charge is -2.15. The predicted molar refractivity (Wildman–Crippen MR) is 88.0 cm³/mol. The standard InChI is InChI=1S/C14H20Br2N2O2/c1-4-18(3)13(19)9-17-8-10-6-11(15)14(20-5-2)12(16)7-10/h6-7,17H,4-5,8-9H2,1-3H3. The number of nitrogens with one attached hydrogen (secondary N) is 1. The number of benzene rings is 1. The van der Waals surface area contributed by atoms with E-state index in [1.165, 1.54) is 0 Å². The number of halogens is 2. The van der Waals surface area contributed by atoms with Gasteiger partial charge in [0.2, 0.25) is 5.91 Å².